The minimum Gasteiger partial charge on any atom is -0.484 e. The lowest BCUT2D eigenvalue weighted by atomic mass is 10.2. The van der Waals surface area contributed by atoms with E-state index in [4.69, 9.17) is 10.5 Å². The van der Waals surface area contributed by atoms with Crippen molar-refractivity contribution in [2.75, 3.05) is 12.9 Å². The van der Waals surface area contributed by atoms with Crippen LogP contribution >= 0.6 is 0 Å². The fourth-order valence-electron chi connectivity index (χ4n) is 1.19. The van der Waals surface area contributed by atoms with Gasteiger partial charge in [-0.25, -0.2) is 4.21 Å². The molecule has 0 heterocycles. The maximum absolute atomic E-state index is 11.9. The van der Waals surface area contributed by atoms with E-state index in [9.17, 15) is 13.8 Å². The largest absolute Gasteiger partial charge is 0.484 e. The topological polar surface area (TPSA) is 98.8 Å². The smallest absolute Gasteiger partial charge is 0.291 e. The van der Waals surface area contributed by atoms with Crippen molar-refractivity contribution in [3.63, 3.8) is 0 Å². The van der Waals surface area contributed by atoms with Gasteiger partial charge in [0.2, 0.25) is 5.91 Å². The van der Waals surface area contributed by atoms with Crippen LogP contribution < -0.4 is 10.5 Å². The van der Waals surface area contributed by atoms with Crippen LogP contribution in [0.2, 0.25) is 0 Å². The summed E-state index contributed by atoms with van der Waals surface area (Å²) in [4.78, 5) is 22.4. The summed E-state index contributed by atoms with van der Waals surface area (Å²) < 4.78 is 20.8. The number of nitrogens with zero attached hydrogens (tertiary/aromatic N) is 1. The van der Waals surface area contributed by atoms with Crippen LogP contribution in [-0.4, -0.2) is 34.1 Å². The molecule has 0 spiro atoms. The number of carbonyl (C=O) groups is 2. The normalized spacial score (nSPS) is 13.6. The number of hydrogen-bond acceptors (Lipinski definition) is 4. The molecule has 0 radical (unpaired) electrons. The van der Waals surface area contributed by atoms with Gasteiger partial charge in [0.05, 0.1) is 9.73 Å². The number of carbonyl (C=O) groups excluding carboxylic acids is 2. The molecule has 2 N–H and O–H groups in total. The Bertz CT molecular complexity index is 614. The summed E-state index contributed by atoms with van der Waals surface area (Å²) in [6.45, 7) is 3.18. The lowest BCUT2D eigenvalue weighted by Gasteiger charge is -2.08. The highest BCUT2D eigenvalue weighted by atomic mass is 32.2. The molecule has 1 aromatic rings. The van der Waals surface area contributed by atoms with Crippen LogP contribution in [-0.2, 0) is 14.5 Å². The Morgan fingerprint density at radius 1 is 1.30 bits per heavy atom. The van der Waals surface area contributed by atoms with Gasteiger partial charge in [0.15, 0.2) is 6.61 Å². The van der Waals surface area contributed by atoms with E-state index in [2.05, 4.69) is 4.36 Å². The molecule has 6 nitrogen and oxygen atoms in total. The van der Waals surface area contributed by atoms with E-state index in [1.54, 1.807) is 13.8 Å². The van der Waals surface area contributed by atoms with Crippen LogP contribution in [0.1, 0.15) is 24.2 Å². The van der Waals surface area contributed by atoms with Gasteiger partial charge in [-0.3, -0.25) is 9.59 Å². The van der Waals surface area contributed by atoms with Gasteiger partial charge in [-0.05, 0) is 24.3 Å². The predicted molar refractivity (Wildman–Crippen MR) is 77.1 cm³/mol. The van der Waals surface area contributed by atoms with Crippen molar-refractivity contribution in [1.29, 1.82) is 0 Å². The van der Waals surface area contributed by atoms with Crippen molar-refractivity contribution in [2.24, 2.45) is 10.1 Å². The zero-order valence-electron chi connectivity index (χ0n) is 11.7. The molecule has 20 heavy (non-hydrogen) atoms. The van der Waals surface area contributed by atoms with Gasteiger partial charge in [0, 0.05) is 17.1 Å². The minimum absolute atomic E-state index is 0.207. The van der Waals surface area contributed by atoms with Crippen LogP contribution in [0.3, 0.4) is 0 Å². The van der Waals surface area contributed by atoms with Crippen molar-refractivity contribution >= 4 is 21.5 Å². The molecule has 0 aromatic heterocycles. The summed E-state index contributed by atoms with van der Waals surface area (Å²) >= 11 is 0. The molecule has 110 valence electrons. The second kappa shape index (κ2) is 6.51. The van der Waals surface area contributed by atoms with Crippen LogP contribution in [0.25, 0.3) is 0 Å². The van der Waals surface area contributed by atoms with E-state index in [0.29, 0.717) is 11.3 Å². The average Bonchev–Trinajstić information content (AvgIpc) is 2.36. The highest BCUT2D eigenvalue weighted by Crippen LogP contribution is 2.12. The third-order valence-corrected chi connectivity index (χ3v) is 4.97. The maximum Gasteiger partial charge on any atom is 0.291 e. The van der Waals surface area contributed by atoms with Crippen molar-refractivity contribution in [3.05, 3.63) is 29.8 Å². The number of primary amides is 1. The molecule has 2 amide bonds. The molecule has 0 aliphatic heterocycles. The van der Waals surface area contributed by atoms with E-state index in [-0.39, 0.29) is 11.9 Å². The van der Waals surface area contributed by atoms with Gasteiger partial charge >= 0.3 is 0 Å². The number of amides is 2. The third-order valence-electron chi connectivity index (χ3n) is 2.66. The van der Waals surface area contributed by atoms with E-state index < -0.39 is 21.5 Å². The Labute approximate surface area is 118 Å². The fraction of sp³-hybridized carbons (Fsp3) is 0.385. The molecule has 0 bridgehead atoms. The van der Waals surface area contributed by atoms with Gasteiger partial charge in [-0.2, -0.15) is 4.36 Å². The van der Waals surface area contributed by atoms with E-state index in [0.717, 1.165) is 0 Å². The van der Waals surface area contributed by atoms with Gasteiger partial charge in [0.1, 0.15) is 5.75 Å². The van der Waals surface area contributed by atoms with Crippen LogP contribution in [0.15, 0.2) is 28.6 Å². The summed E-state index contributed by atoms with van der Waals surface area (Å²) in [5.41, 5.74) is 5.45. The summed E-state index contributed by atoms with van der Waals surface area (Å²) in [5.74, 6) is -0.707. The molecular weight excluding hydrogens is 280 g/mol. The first-order chi connectivity index (χ1) is 9.22. The lowest BCUT2D eigenvalue weighted by molar-refractivity contribution is -0.119. The number of hydrogen-bond donors (Lipinski definition) is 1. The van der Waals surface area contributed by atoms with Crippen molar-refractivity contribution in [1.82, 2.24) is 0 Å². The predicted octanol–water partition coefficient (Wildman–Crippen LogP) is 1.20. The molecule has 0 saturated heterocycles. The molecule has 1 aromatic carbocycles. The molecule has 0 aliphatic carbocycles. The van der Waals surface area contributed by atoms with Gasteiger partial charge in [-0.1, -0.05) is 13.8 Å². The van der Waals surface area contributed by atoms with Crippen LogP contribution in [0, 0.1) is 0 Å². The Kier molecular flexibility index (Phi) is 5.26. The molecule has 0 saturated carbocycles. The van der Waals surface area contributed by atoms with Crippen molar-refractivity contribution < 1.29 is 18.5 Å². The highest BCUT2D eigenvalue weighted by molar-refractivity contribution is 7.93. The van der Waals surface area contributed by atoms with Gasteiger partial charge < -0.3 is 10.5 Å². The lowest BCUT2D eigenvalue weighted by Crippen LogP contribution is -2.17. The first-order valence-electron chi connectivity index (χ1n) is 5.99. The number of ether oxygens (including phenoxy) is 1. The van der Waals surface area contributed by atoms with Gasteiger partial charge in [0.25, 0.3) is 5.91 Å². The summed E-state index contributed by atoms with van der Waals surface area (Å²) in [5, 5.41) is -0.207. The Hall–Kier alpha value is -1.89. The zero-order valence-corrected chi connectivity index (χ0v) is 12.5. The average molecular weight is 298 g/mol. The molecule has 1 rings (SSSR count). The summed E-state index contributed by atoms with van der Waals surface area (Å²) in [6.07, 6.45) is 1.44. The van der Waals surface area contributed by atoms with Crippen LogP contribution in [0.5, 0.6) is 5.75 Å². The Balaban J connectivity index is 2.66. The molecular formula is C13H18N2O4S. The summed E-state index contributed by atoms with van der Waals surface area (Å²) in [6, 6.07) is 6.05. The first-order valence-corrected chi connectivity index (χ1v) is 7.97. The standard InChI is InChI=1S/C13H18N2O4S/c1-9(2)20(3,18)15-12(16)8-19-11-6-4-10(5-7-11)13(14)17/h4-7,9H,8H2,1-3H3,(H2,14,17). The molecule has 7 heteroatoms. The van der Waals surface area contributed by atoms with E-state index >= 15 is 0 Å². The first kappa shape index (κ1) is 16.2. The summed E-state index contributed by atoms with van der Waals surface area (Å²) in [7, 11) is -2.54. The zero-order chi connectivity index (χ0) is 15.3. The molecule has 1 unspecified atom stereocenters. The van der Waals surface area contributed by atoms with Crippen molar-refractivity contribution in [2.45, 2.75) is 19.1 Å². The van der Waals surface area contributed by atoms with E-state index in [1.165, 1.54) is 30.5 Å². The second-order valence-corrected chi connectivity index (χ2v) is 7.42. The quantitative estimate of drug-likeness (QED) is 0.882. The van der Waals surface area contributed by atoms with E-state index in [1.807, 2.05) is 0 Å². The number of nitrogens with two attached hydrogens (primary N) is 1. The number of benzene rings is 1. The molecule has 0 fully saturated rings. The van der Waals surface area contributed by atoms with Crippen LogP contribution in [0.4, 0.5) is 0 Å². The maximum atomic E-state index is 11.9. The monoisotopic (exact) mass is 298 g/mol. The molecule has 1 atom stereocenters. The number of rotatable bonds is 5. The third kappa shape index (κ3) is 4.65. The molecule has 0 aliphatic rings. The fourth-order valence-corrected chi connectivity index (χ4v) is 1.86. The minimum atomic E-state index is -2.54. The van der Waals surface area contributed by atoms with Gasteiger partial charge in [-0.15, -0.1) is 0 Å². The SMILES string of the molecule is CC(C)S(C)(=O)=NC(=O)COc1ccc(C(N)=O)cc1. The highest BCUT2D eigenvalue weighted by Gasteiger charge is 2.11. The Morgan fingerprint density at radius 3 is 2.30 bits per heavy atom. The second-order valence-electron chi connectivity index (χ2n) is 4.57. The van der Waals surface area contributed by atoms with Crippen molar-refractivity contribution in [3.8, 4) is 5.75 Å². The Morgan fingerprint density at radius 2 is 1.85 bits per heavy atom.